The minimum absolute atomic E-state index is 0.324. The summed E-state index contributed by atoms with van der Waals surface area (Å²) in [5.74, 6) is 1.33. The van der Waals surface area contributed by atoms with Crippen molar-refractivity contribution in [3.8, 4) is 11.6 Å². The summed E-state index contributed by atoms with van der Waals surface area (Å²) in [6.45, 7) is 2.06. The fourth-order valence-corrected chi connectivity index (χ4v) is 2.33. The number of benzene rings is 1. The largest absolute Gasteiger partial charge is 0.438 e. The second-order valence-corrected chi connectivity index (χ2v) is 5.54. The first-order valence-electron chi connectivity index (χ1n) is 5.75. The van der Waals surface area contributed by atoms with Gasteiger partial charge in [-0.15, -0.1) is 0 Å². The summed E-state index contributed by atoms with van der Waals surface area (Å²) in [6, 6.07) is 5.91. The summed E-state index contributed by atoms with van der Waals surface area (Å²) in [4.78, 5) is 8.56. The molecule has 0 aliphatic carbocycles. The minimum Gasteiger partial charge on any atom is -0.438 e. The van der Waals surface area contributed by atoms with Gasteiger partial charge in [0.2, 0.25) is 5.88 Å². The number of aromatic nitrogens is 2. The van der Waals surface area contributed by atoms with Gasteiger partial charge in [-0.3, -0.25) is 0 Å². The van der Waals surface area contributed by atoms with Crippen molar-refractivity contribution >= 4 is 31.9 Å². The normalized spacial score (nSPS) is 10.5. The molecule has 0 unspecified atom stereocenters. The van der Waals surface area contributed by atoms with E-state index in [9.17, 15) is 4.39 Å². The lowest BCUT2D eigenvalue weighted by molar-refractivity contribution is 0.453. The summed E-state index contributed by atoms with van der Waals surface area (Å²) in [7, 11) is 0. The number of ether oxygens (including phenoxy) is 1. The highest BCUT2D eigenvalue weighted by molar-refractivity contribution is 9.10. The van der Waals surface area contributed by atoms with Crippen molar-refractivity contribution in [2.24, 2.45) is 0 Å². The number of halogens is 3. The predicted molar refractivity (Wildman–Crippen MR) is 77.9 cm³/mol. The Morgan fingerprint density at radius 3 is 2.68 bits per heavy atom. The van der Waals surface area contributed by atoms with Gasteiger partial charge < -0.3 is 4.74 Å². The minimum atomic E-state index is -0.324. The van der Waals surface area contributed by atoms with Crippen LogP contribution >= 0.6 is 31.9 Å². The molecule has 3 nitrogen and oxygen atoms in total. The van der Waals surface area contributed by atoms with Crippen LogP contribution in [-0.2, 0) is 6.42 Å². The molecular weight excluding hydrogens is 379 g/mol. The Morgan fingerprint density at radius 1 is 1.21 bits per heavy atom. The molecule has 2 rings (SSSR count). The van der Waals surface area contributed by atoms with Crippen LogP contribution in [0.2, 0.25) is 0 Å². The molecule has 0 saturated carbocycles. The molecule has 0 aliphatic heterocycles. The summed E-state index contributed by atoms with van der Waals surface area (Å²) in [5, 5.41) is 0. The lowest BCUT2D eigenvalue weighted by Gasteiger charge is -2.08. The molecule has 1 aromatic heterocycles. The maximum atomic E-state index is 13.0. The van der Waals surface area contributed by atoms with Gasteiger partial charge in [0.1, 0.15) is 22.0 Å². The van der Waals surface area contributed by atoms with Crippen molar-refractivity contribution in [2.45, 2.75) is 19.8 Å². The molecule has 6 heteroatoms. The predicted octanol–water partition coefficient (Wildman–Crippen LogP) is 4.89. The van der Waals surface area contributed by atoms with E-state index in [2.05, 4.69) is 48.8 Å². The van der Waals surface area contributed by atoms with Gasteiger partial charge in [0, 0.05) is 12.5 Å². The van der Waals surface area contributed by atoms with Crippen LogP contribution in [0.25, 0.3) is 0 Å². The fraction of sp³-hybridized carbons (Fsp3) is 0.231. The van der Waals surface area contributed by atoms with Gasteiger partial charge in [-0.05, 0) is 56.5 Å². The van der Waals surface area contributed by atoms with E-state index >= 15 is 0 Å². The molecule has 0 spiro atoms. The van der Waals surface area contributed by atoms with Crippen LogP contribution in [0.3, 0.4) is 0 Å². The quantitative estimate of drug-likeness (QED) is 0.698. The first kappa shape index (κ1) is 14.4. The molecule has 0 saturated heterocycles. The van der Waals surface area contributed by atoms with Crippen molar-refractivity contribution in [3.63, 3.8) is 0 Å². The molecule has 0 bridgehead atoms. The second kappa shape index (κ2) is 6.43. The third kappa shape index (κ3) is 3.98. The number of hydrogen-bond donors (Lipinski definition) is 0. The van der Waals surface area contributed by atoms with Crippen molar-refractivity contribution < 1.29 is 9.13 Å². The van der Waals surface area contributed by atoms with Gasteiger partial charge >= 0.3 is 0 Å². The zero-order chi connectivity index (χ0) is 13.8. The highest BCUT2D eigenvalue weighted by Crippen LogP contribution is 2.30. The lowest BCUT2D eigenvalue weighted by atomic mass is 10.3. The number of nitrogens with zero attached hydrogens (tertiary/aromatic N) is 2. The van der Waals surface area contributed by atoms with E-state index in [1.54, 1.807) is 12.1 Å². The Morgan fingerprint density at radius 2 is 2.00 bits per heavy atom. The Kier molecular flexibility index (Phi) is 4.87. The highest BCUT2D eigenvalue weighted by Gasteiger charge is 2.08. The summed E-state index contributed by atoms with van der Waals surface area (Å²) < 4.78 is 19.8. The molecule has 19 heavy (non-hydrogen) atoms. The molecule has 0 amide bonds. The monoisotopic (exact) mass is 388 g/mol. The smallest absolute Gasteiger partial charge is 0.223 e. The Balaban J connectivity index is 2.27. The van der Waals surface area contributed by atoms with Crippen LogP contribution in [0.5, 0.6) is 11.6 Å². The standard InChI is InChI=1S/C13H11Br2FN2O/c1-2-3-12-17-11(15)7-13(18-12)19-10-5-4-8(16)6-9(10)14/h4-7H,2-3H2,1H3. The molecule has 0 atom stereocenters. The topological polar surface area (TPSA) is 35.0 Å². The zero-order valence-electron chi connectivity index (χ0n) is 10.2. The van der Waals surface area contributed by atoms with Crippen molar-refractivity contribution in [1.82, 2.24) is 9.97 Å². The van der Waals surface area contributed by atoms with E-state index in [0.717, 1.165) is 12.8 Å². The van der Waals surface area contributed by atoms with Gasteiger partial charge in [-0.2, -0.15) is 4.98 Å². The number of rotatable bonds is 4. The first-order valence-corrected chi connectivity index (χ1v) is 7.33. The second-order valence-electron chi connectivity index (χ2n) is 3.87. The van der Waals surface area contributed by atoms with Crippen molar-refractivity contribution in [1.29, 1.82) is 0 Å². The van der Waals surface area contributed by atoms with E-state index in [1.807, 2.05) is 0 Å². The Labute approximate surface area is 127 Å². The number of aryl methyl sites for hydroxylation is 1. The van der Waals surface area contributed by atoms with E-state index in [1.165, 1.54) is 12.1 Å². The molecule has 0 radical (unpaired) electrons. The lowest BCUT2D eigenvalue weighted by Crippen LogP contribution is -1.98. The van der Waals surface area contributed by atoms with Gasteiger partial charge in [-0.25, -0.2) is 9.37 Å². The molecule has 1 heterocycles. The first-order chi connectivity index (χ1) is 9.08. The van der Waals surface area contributed by atoms with Gasteiger partial charge in [0.05, 0.1) is 4.47 Å². The number of hydrogen-bond acceptors (Lipinski definition) is 3. The summed E-state index contributed by atoms with van der Waals surface area (Å²) in [6.07, 6.45) is 1.73. The maximum Gasteiger partial charge on any atom is 0.223 e. The van der Waals surface area contributed by atoms with Crippen LogP contribution in [0, 0.1) is 5.82 Å². The average Bonchev–Trinajstić information content (AvgIpc) is 2.32. The maximum absolute atomic E-state index is 13.0. The van der Waals surface area contributed by atoms with Gasteiger partial charge in [0.25, 0.3) is 0 Å². The Bertz CT molecular complexity index is 593. The molecule has 0 fully saturated rings. The van der Waals surface area contributed by atoms with Crippen LogP contribution in [0.4, 0.5) is 4.39 Å². The van der Waals surface area contributed by atoms with E-state index in [0.29, 0.717) is 26.5 Å². The summed E-state index contributed by atoms with van der Waals surface area (Å²) in [5.41, 5.74) is 0. The average molecular weight is 390 g/mol. The molecule has 100 valence electrons. The van der Waals surface area contributed by atoms with Crippen LogP contribution in [-0.4, -0.2) is 9.97 Å². The van der Waals surface area contributed by atoms with Crippen LogP contribution < -0.4 is 4.74 Å². The molecule has 0 aliphatic rings. The third-order valence-electron chi connectivity index (χ3n) is 2.30. The highest BCUT2D eigenvalue weighted by atomic mass is 79.9. The SMILES string of the molecule is CCCc1nc(Br)cc(Oc2ccc(F)cc2Br)n1. The van der Waals surface area contributed by atoms with E-state index in [-0.39, 0.29) is 5.82 Å². The molecular formula is C13H11Br2FN2O. The van der Waals surface area contributed by atoms with Gasteiger partial charge in [0.15, 0.2) is 0 Å². The van der Waals surface area contributed by atoms with E-state index < -0.39 is 0 Å². The third-order valence-corrected chi connectivity index (χ3v) is 3.33. The van der Waals surface area contributed by atoms with E-state index in [4.69, 9.17) is 4.74 Å². The fourth-order valence-electron chi connectivity index (χ4n) is 1.50. The zero-order valence-corrected chi connectivity index (χ0v) is 13.3. The van der Waals surface area contributed by atoms with Gasteiger partial charge in [-0.1, -0.05) is 6.92 Å². The summed E-state index contributed by atoms with van der Waals surface area (Å²) >= 11 is 6.58. The molecule has 1 aromatic carbocycles. The molecule has 2 aromatic rings. The molecule has 0 N–H and O–H groups in total. The van der Waals surface area contributed by atoms with Crippen LogP contribution in [0.1, 0.15) is 19.2 Å². The Hall–Kier alpha value is -1.01. The van der Waals surface area contributed by atoms with Crippen molar-refractivity contribution in [2.75, 3.05) is 0 Å². The van der Waals surface area contributed by atoms with Crippen LogP contribution in [0.15, 0.2) is 33.3 Å². The van der Waals surface area contributed by atoms with Crippen molar-refractivity contribution in [3.05, 3.63) is 45.0 Å².